The van der Waals surface area contributed by atoms with E-state index < -0.39 is 0 Å². The van der Waals surface area contributed by atoms with E-state index in [1.54, 1.807) is 0 Å². The molecule has 3 heteroatoms. The lowest BCUT2D eigenvalue weighted by Crippen LogP contribution is -2.35. The fourth-order valence-corrected chi connectivity index (χ4v) is 3.09. The molecule has 0 spiro atoms. The largest absolute Gasteiger partial charge is 0.381 e. The van der Waals surface area contributed by atoms with Gasteiger partial charge in [-0.25, -0.2) is 0 Å². The molecule has 0 atom stereocenters. The minimum absolute atomic E-state index is 0.624. The van der Waals surface area contributed by atoms with Crippen LogP contribution in [0.3, 0.4) is 0 Å². The lowest BCUT2D eigenvalue weighted by Gasteiger charge is -2.29. The van der Waals surface area contributed by atoms with Gasteiger partial charge in [-0.2, -0.15) is 0 Å². The third kappa shape index (κ3) is 3.46. The van der Waals surface area contributed by atoms with Crippen LogP contribution in [0.2, 0.25) is 0 Å². The van der Waals surface area contributed by atoms with Gasteiger partial charge in [0.25, 0.3) is 0 Å². The number of rotatable bonds is 3. The zero-order chi connectivity index (χ0) is 12.3. The summed E-state index contributed by atoms with van der Waals surface area (Å²) in [4.78, 5) is 0. The molecule has 0 bridgehead atoms. The van der Waals surface area contributed by atoms with Crippen molar-refractivity contribution in [2.45, 2.75) is 44.7 Å². The highest BCUT2D eigenvalue weighted by molar-refractivity contribution is 9.10. The number of nitrogens with one attached hydrogen (secondary N) is 2. The van der Waals surface area contributed by atoms with E-state index >= 15 is 0 Å². The molecule has 0 unspecified atom stereocenters. The Morgan fingerprint density at radius 1 is 1.12 bits per heavy atom. The molecule has 1 aromatic carbocycles. The molecular weight excluding hydrogens is 276 g/mol. The van der Waals surface area contributed by atoms with E-state index in [1.165, 1.54) is 41.4 Å². The molecule has 2 N–H and O–H groups in total. The molecule has 1 aromatic rings. The van der Waals surface area contributed by atoms with Gasteiger partial charge in [0.2, 0.25) is 0 Å². The van der Waals surface area contributed by atoms with Gasteiger partial charge < -0.3 is 10.6 Å². The minimum Gasteiger partial charge on any atom is -0.381 e. The van der Waals surface area contributed by atoms with Crippen molar-refractivity contribution in [3.05, 3.63) is 28.2 Å². The van der Waals surface area contributed by atoms with E-state index in [2.05, 4.69) is 58.7 Å². The monoisotopic (exact) mass is 296 g/mol. The van der Waals surface area contributed by atoms with Gasteiger partial charge in [0.05, 0.1) is 0 Å². The van der Waals surface area contributed by atoms with Crippen molar-refractivity contribution in [1.29, 1.82) is 0 Å². The second kappa shape index (κ2) is 5.87. The maximum absolute atomic E-state index is 3.65. The van der Waals surface area contributed by atoms with E-state index in [-0.39, 0.29) is 0 Å². The van der Waals surface area contributed by atoms with Gasteiger partial charge in [-0.05, 0) is 73.3 Å². The fourth-order valence-electron chi connectivity index (χ4n) is 2.48. The van der Waals surface area contributed by atoms with E-state index in [1.807, 2.05) is 0 Å². The summed E-state index contributed by atoms with van der Waals surface area (Å²) < 4.78 is 1.17. The number of benzene rings is 1. The minimum atomic E-state index is 0.624. The Morgan fingerprint density at radius 3 is 2.35 bits per heavy atom. The van der Waals surface area contributed by atoms with Crippen LogP contribution < -0.4 is 10.6 Å². The van der Waals surface area contributed by atoms with Crippen LogP contribution in [0.4, 0.5) is 5.69 Å². The Kier molecular flexibility index (Phi) is 4.46. The molecule has 2 nitrogen and oxygen atoms in total. The summed E-state index contributed by atoms with van der Waals surface area (Å²) in [6, 6.07) is 7.84. The molecule has 1 aliphatic rings. The molecule has 0 amide bonds. The number of halogens is 1. The molecular formula is C14H21BrN2. The Balaban J connectivity index is 1.93. The van der Waals surface area contributed by atoms with E-state index in [0.717, 1.165) is 6.04 Å². The first-order valence-electron chi connectivity index (χ1n) is 6.39. The third-order valence-electron chi connectivity index (χ3n) is 3.62. The fraction of sp³-hybridized carbons (Fsp3) is 0.571. The van der Waals surface area contributed by atoms with Crippen LogP contribution in [-0.2, 0) is 0 Å². The molecule has 2 rings (SSSR count). The Morgan fingerprint density at radius 2 is 1.76 bits per heavy atom. The topological polar surface area (TPSA) is 24.1 Å². The molecule has 0 radical (unpaired) electrons. The molecule has 0 saturated heterocycles. The zero-order valence-electron chi connectivity index (χ0n) is 10.6. The third-order valence-corrected chi connectivity index (χ3v) is 4.28. The first kappa shape index (κ1) is 12.9. The van der Waals surface area contributed by atoms with Crippen LogP contribution in [0.25, 0.3) is 0 Å². The summed E-state index contributed by atoms with van der Waals surface area (Å²) in [5.41, 5.74) is 2.52. The van der Waals surface area contributed by atoms with Crippen LogP contribution >= 0.6 is 15.9 Å². The lowest BCUT2D eigenvalue weighted by molar-refractivity contribution is 0.371. The predicted octanol–water partition coefficient (Wildman–Crippen LogP) is 3.70. The standard InChI is InChI=1S/C14H21BrN2/c1-10-3-8-14(13(15)9-10)17-12-6-4-11(16-2)5-7-12/h3,8-9,11-12,16-17H,4-7H2,1-2H3. The average molecular weight is 297 g/mol. The second-order valence-corrected chi connectivity index (χ2v) is 5.82. The summed E-state index contributed by atoms with van der Waals surface area (Å²) in [6.45, 7) is 2.12. The highest BCUT2D eigenvalue weighted by Crippen LogP contribution is 2.27. The van der Waals surface area contributed by atoms with E-state index in [0.29, 0.717) is 6.04 Å². The van der Waals surface area contributed by atoms with Crippen molar-refractivity contribution in [2.75, 3.05) is 12.4 Å². The molecule has 0 heterocycles. The lowest BCUT2D eigenvalue weighted by atomic mass is 9.91. The zero-order valence-corrected chi connectivity index (χ0v) is 12.2. The number of hydrogen-bond donors (Lipinski definition) is 2. The first-order valence-corrected chi connectivity index (χ1v) is 7.18. The van der Waals surface area contributed by atoms with Crippen LogP contribution in [0, 0.1) is 6.92 Å². The summed E-state index contributed by atoms with van der Waals surface area (Å²) in [5, 5.41) is 7.02. The van der Waals surface area contributed by atoms with Crippen LogP contribution in [-0.4, -0.2) is 19.1 Å². The van der Waals surface area contributed by atoms with Crippen molar-refractivity contribution in [1.82, 2.24) is 5.32 Å². The Hall–Kier alpha value is -0.540. The number of anilines is 1. The second-order valence-electron chi connectivity index (χ2n) is 4.96. The van der Waals surface area contributed by atoms with Crippen molar-refractivity contribution in [2.24, 2.45) is 0 Å². The molecule has 94 valence electrons. The molecule has 1 aliphatic carbocycles. The van der Waals surface area contributed by atoms with Crippen molar-refractivity contribution in [3.63, 3.8) is 0 Å². The normalized spacial score (nSPS) is 24.6. The van der Waals surface area contributed by atoms with Crippen LogP contribution in [0.1, 0.15) is 31.2 Å². The summed E-state index contributed by atoms with van der Waals surface area (Å²) in [7, 11) is 2.06. The predicted molar refractivity (Wildman–Crippen MR) is 77.6 cm³/mol. The number of hydrogen-bond acceptors (Lipinski definition) is 2. The van der Waals surface area contributed by atoms with Gasteiger partial charge in [0, 0.05) is 22.2 Å². The highest BCUT2D eigenvalue weighted by Gasteiger charge is 2.20. The van der Waals surface area contributed by atoms with Crippen LogP contribution in [0.5, 0.6) is 0 Å². The SMILES string of the molecule is CNC1CCC(Nc2ccc(C)cc2Br)CC1. The van der Waals surface area contributed by atoms with Gasteiger partial charge in [-0.15, -0.1) is 0 Å². The smallest absolute Gasteiger partial charge is 0.0486 e. The maximum atomic E-state index is 3.65. The van der Waals surface area contributed by atoms with Gasteiger partial charge in [0.15, 0.2) is 0 Å². The Bertz CT molecular complexity index is 370. The first-order chi connectivity index (χ1) is 8.19. The van der Waals surface area contributed by atoms with Crippen molar-refractivity contribution < 1.29 is 0 Å². The van der Waals surface area contributed by atoms with Gasteiger partial charge >= 0.3 is 0 Å². The average Bonchev–Trinajstić information content (AvgIpc) is 2.34. The summed E-state index contributed by atoms with van der Waals surface area (Å²) in [6.07, 6.45) is 5.06. The van der Waals surface area contributed by atoms with Crippen LogP contribution in [0.15, 0.2) is 22.7 Å². The van der Waals surface area contributed by atoms with Gasteiger partial charge in [0.1, 0.15) is 0 Å². The summed E-state index contributed by atoms with van der Waals surface area (Å²) >= 11 is 3.62. The maximum Gasteiger partial charge on any atom is 0.0486 e. The van der Waals surface area contributed by atoms with Crippen molar-refractivity contribution in [3.8, 4) is 0 Å². The molecule has 17 heavy (non-hydrogen) atoms. The van der Waals surface area contributed by atoms with Gasteiger partial charge in [-0.3, -0.25) is 0 Å². The summed E-state index contributed by atoms with van der Waals surface area (Å²) in [5.74, 6) is 0. The highest BCUT2D eigenvalue weighted by atomic mass is 79.9. The molecule has 1 fully saturated rings. The van der Waals surface area contributed by atoms with E-state index in [9.17, 15) is 0 Å². The van der Waals surface area contributed by atoms with Crippen molar-refractivity contribution >= 4 is 21.6 Å². The molecule has 1 saturated carbocycles. The molecule has 0 aromatic heterocycles. The van der Waals surface area contributed by atoms with E-state index in [4.69, 9.17) is 0 Å². The number of aryl methyl sites for hydroxylation is 1. The molecule has 0 aliphatic heterocycles. The quantitative estimate of drug-likeness (QED) is 0.889. The van der Waals surface area contributed by atoms with Gasteiger partial charge in [-0.1, -0.05) is 6.07 Å². The Labute approximate surface area is 112 Å².